The van der Waals surface area contributed by atoms with Gasteiger partial charge in [-0.3, -0.25) is 0 Å². The number of thiazole rings is 1. The average molecular weight is 230 g/mol. The molecule has 0 aromatic carbocycles. The van der Waals surface area contributed by atoms with Crippen LogP contribution in [0.5, 0.6) is 0 Å². The largest absolute Gasteiger partial charge is 0.314 e. The standard InChI is InChI=1S/C10H18N2S2/c1-8(2)5-13-7-10-12-9(4-11-3)6-14-10/h6,8,11H,4-5,7H2,1-3H3. The van der Waals surface area contributed by atoms with Gasteiger partial charge in [0.15, 0.2) is 0 Å². The molecule has 0 saturated carbocycles. The third-order valence-corrected chi connectivity index (χ3v) is 4.09. The van der Waals surface area contributed by atoms with Crippen LogP contribution in [0.4, 0.5) is 0 Å². The van der Waals surface area contributed by atoms with Crippen molar-refractivity contribution in [3.8, 4) is 0 Å². The molecule has 1 rings (SSSR count). The van der Waals surface area contributed by atoms with Crippen molar-refractivity contribution in [3.05, 3.63) is 16.1 Å². The van der Waals surface area contributed by atoms with Gasteiger partial charge in [0, 0.05) is 17.7 Å². The van der Waals surface area contributed by atoms with Gasteiger partial charge in [-0.1, -0.05) is 13.8 Å². The van der Waals surface area contributed by atoms with E-state index in [9.17, 15) is 0 Å². The molecule has 1 aromatic heterocycles. The van der Waals surface area contributed by atoms with Crippen molar-refractivity contribution in [1.29, 1.82) is 0 Å². The summed E-state index contributed by atoms with van der Waals surface area (Å²) in [5.41, 5.74) is 1.16. The minimum atomic E-state index is 0.775. The molecular weight excluding hydrogens is 212 g/mol. The number of aromatic nitrogens is 1. The highest BCUT2D eigenvalue weighted by atomic mass is 32.2. The van der Waals surface area contributed by atoms with E-state index >= 15 is 0 Å². The number of rotatable bonds is 6. The van der Waals surface area contributed by atoms with Gasteiger partial charge in [0.2, 0.25) is 0 Å². The van der Waals surface area contributed by atoms with Gasteiger partial charge >= 0.3 is 0 Å². The van der Waals surface area contributed by atoms with E-state index in [0.717, 1.165) is 23.9 Å². The molecule has 2 nitrogen and oxygen atoms in total. The Kier molecular flexibility index (Phi) is 5.52. The zero-order valence-electron chi connectivity index (χ0n) is 9.04. The summed E-state index contributed by atoms with van der Waals surface area (Å²) in [6, 6.07) is 0. The van der Waals surface area contributed by atoms with Gasteiger partial charge < -0.3 is 5.32 Å². The lowest BCUT2D eigenvalue weighted by Gasteiger charge is -2.01. The Labute approximate surface area is 94.5 Å². The molecule has 1 N–H and O–H groups in total. The molecule has 0 aliphatic carbocycles. The number of nitrogens with zero attached hydrogens (tertiary/aromatic N) is 1. The molecule has 0 saturated heterocycles. The Morgan fingerprint density at radius 1 is 1.57 bits per heavy atom. The summed E-state index contributed by atoms with van der Waals surface area (Å²) in [6.45, 7) is 5.38. The summed E-state index contributed by atoms with van der Waals surface area (Å²) in [6.07, 6.45) is 0. The molecule has 0 fully saturated rings. The maximum absolute atomic E-state index is 4.53. The molecule has 1 aromatic rings. The van der Waals surface area contributed by atoms with Gasteiger partial charge in [-0.2, -0.15) is 11.8 Å². The highest BCUT2D eigenvalue weighted by Crippen LogP contribution is 2.18. The van der Waals surface area contributed by atoms with Crippen LogP contribution in [0.15, 0.2) is 5.38 Å². The second-order valence-electron chi connectivity index (χ2n) is 3.67. The van der Waals surface area contributed by atoms with E-state index in [0.29, 0.717) is 0 Å². The molecule has 0 atom stereocenters. The fourth-order valence-corrected chi connectivity index (χ4v) is 2.99. The lowest BCUT2D eigenvalue weighted by atomic mass is 10.3. The molecule has 0 aliphatic heterocycles. The van der Waals surface area contributed by atoms with E-state index < -0.39 is 0 Å². The molecule has 0 bridgehead atoms. The molecule has 0 aliphatic rings. The van der Waals surface area contributed by atoms with Crippen molar-refractivity contribution >= 4 is 23.1 Å². The molecule has 4 heteroatoms. The highest BCUT2D eigenvalue weighted by molar-refractivity contribution is 7.98. The highest BCUT2D eigenvalue weighted by Gasteiger charge is 2.02. The van der Waals surface area contributed by atoms with Crippen molar-refractivity contribution in [3.63, 3.8) is 0 Å². The summed E-state index contributed by atoms with van der Waals surface area (Å²) in [4.78, 5) is 4.53. The average Bonchev–Trinajstić information content (AvgIpc) is 2.53. The van der Waals surface area contributed by atoms with Crippen LogP contribution in [0.1, 0.15) is 24.5 Å². The van der Waals surface area contributed by atoms with Gasteiger partial charge in [0.05, 0.1) is 5.69 Å². The maximum Gasteiger partial charge on any atom is 0.103 e. The van der Waals surface area contributed by atoms with Crippen molar-refractivity contribution in [1.82, 2.24) is 10.3 Å². The Morgan fingerprint density at radius 2 is 2.36 bits per heavy atom. The minimum Gasteiger partial charge on any atom is -0.314 e. The zero-order chi connectivity index (χ0) is 10.4. The lowest BCUT2D eigenvalue weighted by Crippen LogP contribution is -2.05. The predicted molar refractivity (Wildman–Crippen MR) is 65.9 cm³/mol. The van der Waals surface area contributed by atoms with Crippen LogP contribution in [0, 0.1) is 5.92 Å². The molecule has 14 heavy (non-hydrogen) atoms. The Balaban J connectivity index is 2.28. The first-order valence-electron chi connectivity index (χ1n) is 4.88. The molecule has 0 radical (unpaired) electrons. The van der Waals surface area contributed by atoms with Crippen LogP contribution in [-0.4, -0.2) is 17.8 Å². The first-order chi connectivity index (χ1) is 6.72. The van der Waals surface area contributed by atoms with Crippen molar-refractivity contribution < 1.29 is 0 Å². The molecule has 0 amide bonds. The van der Waals surface area contributed by atoms with Crippen LogP contribution in [-0.2, 0) is 12.3 Å². The van der Waals surface area contributed by atoms with E-state index in [-0.39, 0.29) is 0 Å². The lowest BCUT2D eigenvalue weighted by molar-refractivity contribution is 0.750. The van der Waals surface area contributed by atoms with Gasteiger partial charge in [-0.15, -0.1) is 11.3 Å². The molecule has 0 spiro atoms. The Bertz CT molecular complexity index is 258. The molecular formula is C10H18N2S2. The van der Waals surface area contributed by atoms with Gasteiger partial charge in [0.25, 0.3) is 0 Å². The second-order valence-corrected chi connectivity index (χ2v) is 5.64. The topological polar surface area (TPSA) is 24.9 Å². The van der Waals surface area contributed by atoms with Crippen molar-refractivity contribution in [2.24, 2.45) is 5.92 Å². The monoisotopic (exact) mass is 230 g/mol. The number of hydrogen-bond donors (Lipinski definition) is 1. The van der Waals surface area contributed by atoms with E-state index in [1.54, 1.807) is 11.3 Å². The first kappa shape index (κ1) is 12.0. The van der Waals surface area contributed by atoms with Gasteiger partial charge in [0.1, 0.15) is 5.01 Å². The van der Waals surface area contributed by atoms with E-state index in [1.807, 2.05) is 18.8 Å². The van der Waals surface area contributed by atoms with E-state index in [1.165, 1.54) is 10.8 Å². The normalized spacial score (nSPS) is 11.1. The van der Waals surface area contributed by atoms with Crippen LogP contribution in [0.3, 0.4) is 0 Å². The Hall–Kier alpha value is -0.0600. The summed E-state index contributed by atoms with van der Waals surface area (Å²) < 4.78 is 0. The van der Waals surface area contributed by atoms with E-state index in [4.69, 9.17) is 0 Å². The van der Waals surface area contributed by atoms with Crippen LogP contribution >= 0.6 is 23.1 Å². The maximum atomic E-state index is 4.53. The van der Waals surface area contributed by atoms with Crippen LogP contribution in [0.25, 0.3) is 0 Å². The summed E-state index contributed by atoms with van der Waals surface area (Å²) >= 11 is 3.74. The quantitative estimate of drug-likeness (QED) is 0.813. The fourth-order valence-electron chi connectivity index (χ4n) is 1.06. The third-order valence-electron chi connectivity index (χ3n) is 1.63. The van der Waals surface area contributed by atoms with E-state index in [2.05, 4.69) is 29.5 Å². The van der Waals surface area contributed by atoms with Crippen molar-refractivity contribution in [2.75, 3.05) is 12.8 Å². The minimum absolute atomic E-state index is 0.775. The van der Waals surface area contributed by atoms with Gasteiger partial charge in [-0.25, -0.2) is 4.98 Å². The Morgan fingerprint density at radius 3 is 3.00 bits per heavy atom. The SMILES string of the molecule is CNCc1csc(CSCC(C)C)n1. The third kappa shape index (κ3) is 4.44. The smallest absolute Gasteiger partial charge is 0.103 e. The molecule has 1 heterocycles. The summed E-state index contributed by atoms with van der Waals surface area (Å²) in [5, 5.41) is 6.50. The van der Waals surface area contributed by atoms with Crippen LogP contribution in [0.2, 0.25) is 0 Å². The number of nitrogens with one attached hydrogen (secondary N) is 1. The van der Waals surface area contributed by atoms with Gasteiger partial charge in [-0.05, 0) is 18.7 Å². The first-order valence-corrected chi connectivity index (χ1v) is 6.91. The number of hydrogen-bond acceptors (Lipinski definition) is 4. The number of thioether (sulfide) groups is 1. The van der Waals surface area contributed by atoms with Crippen LogP contribution < -0.4 is 5.32 Å². The summed E-state index contributed by atoms with van der Waals surface area (Å²) in [5.74, 6) is 3.06. The molecule has 0 unspecified atom stereocenters. The molecule has 80 valence electrons. The second kappa shape index (κ2) is 6.43. The summed E-state index contributed by atoms with van der Waals surface area (Å²) in [7, 11) is 1.95. The fraction of sp³-hybridized carbons (Fsp3) is 0.700. The van der Waals surface area contributed by atoms with Crippen molar-refractivity contribution in [2.45, 2.75) is 26.1 Å². The zero-order valence-corrected chi connectivity index (χ0v) is 10.7. The predicted octanol–water partition coefficient (Wildman–Crippen LogP) is 2.75.